The second-order valence-corrected chi connectivity index (χ2v) is 13.1. The van der Waals surface area contributed by atoms with Gasteiger partial charge < -0.3 is 34.6 Å². The third kappa shape index (κ3) is 11.5. The summed E-state index contributed by atoms with van der Waals surface area (Å²) in [5.74, 6) is 0.175. The summed E-state index contributed by atoms with van der Waals surface area (Å²) in [6, 6.07) is 2.46. The van der Waals surface area contributed by atoms with Crippen molar-refractivity contribution in [3.8, 4) is 11.5 Å². The van der Waals surface area contributed by atoms with Crippen molar-refractivity contribution in [1.29, 1.82) is 0 Å². The first-order chi connectivity index (χ1) is 21.8. The molecular formula is C34H51IN2O8. The molecular weight excluding hydrogens is 691 g/mol. The molecule has 1 fully saturated rings. The van der Waals surface area contributed by atoms with E-state index in [1.54, 1.807) is 23.1 Å². The van der Waals surface area contributed by atoms with Gasteiger partial charge in [-0.05, 0) is 60.1 Å². The van der Waals surface area contributed by atoms with E-state index in [4.69, 9.17) is 14.2 Å². The largest absolute Gasteiger partial charge is 0.493 e. The van der Waals surface area contributed by atoms with Gasteiger partial charge in [-0.2, -0.15) is 0 Å². The normalized spacial score (nSPS) is 21.2. The van der Waals surface area contributed by atoms with E-state index in [0.29, 0.717) is 52.1 Å². The number of halogens is 1. The van der Waals surface area contributed by atoms with Gasteiger partial charge in [-0.15, -0.1) is 0 Å². The minimum Gasteiger partial charge on any atom is -0.493 e. The molecule has 10 nitrogen and oxygen atoms in total. The van der Waals surface area contributed by atoms with Crippen molar-refractivity contribution < 1.29 is 38.8 Å². The molecule has 3 N–H and O–H groups in total. The van der Waals surface area contributed by atoms with Gasteiger partial charge in [-0.25, -0.2) is 0 Å². The third-order valence-electron chi connectivity index (χ3n) is 8.50. The fourth-order valence-corrected chi connectivity index (χ4v) is 6.75. The van der Waals surface area contributed by atoms with Crippen LogP contribution >= 0.6 is 22.6 Å². The van der Waals surface area contributed by atoms with Crippen molar-refractivity contribution >= 4 is 40.7 Å². The highest BCUT2D eigenvalue weighted by Gasteiger charge is 2.41. The van der Waals surface area contributed by atoms with Crippen molar-refractivity contribution in [2.24, 2.45) is 0 Å². The lowest BCUT2D eigenvalue weighted by molar-refractivity contribution is -0.141. The summed E-state index contributed by atoms with van der Waals surface area (Å²) in [5, 5.41) is 23.7. The Hall–Kier alpha value is -2.22. The number of amides is 2. The van der Waals surface area contributed by atoms with Crippen LogP contribution < -0.4 is 14.8 Å². The highest BCUT2D eigenvalue weighted by Crippen LogP contribution is 2.37. The molecule has 45 heavy (non-hydrogen) atoms. The van der Waals surface area contributed by atoms with Crippen LogP contribution in [0.4, 0.5) is 0 Å². The van der Waals surface area contributed by atoms with E-state index in [-0.39, 0.29) is 31.6 Å². The van der Waals surface area contributed by atoms with E-state index >= 15 is 0 Å². The molecule has 1 aliphatic heterocycles. The number of hydrogen-bond donors (Lipinski definition) is 3. The maximum absolute atomic E-state index is 13.8. The second-order valence-electron chi connectivity index (χ2n) is 11.9. The molecule has 1 aliphatic carbocycles. The minimum absolute atomic E-state index is 0.0734. The molecule has 1 aromatic rings. The van der Waals surface area contributed by atoms with Gasteiger partial charge in [0, 0.05) is 43.7 Å². The van der Waals surface area contributed by atoms with Gasteiger partial charge in [0.15, 0.2) is 11.5 Å². The van der Waals surface area contributed by atoms with E-state index in [1.807, 2.05) is 22.6 Å². The average Bonchev–Trinajstić information content (AvgIpc) is 3.56. The summed E-state index contributed by atoms with van der Waals surface area (Å²) in [6.07, 6.45) is 12.5. The minimum atomic E-state index is -1.15. The zero-order valence-electron chi connectivity index (χ0n) is 26.8. The Balaban J connectivity index is 1.81. The lowest BCUT2D eigenvalue weighted by Crippen LogP contribution is -2.56. The Morgan fingerprint density at radius 1 is 1.13 bits per heavy atom. The van der Waals surface area contributed by atoms with Gasteiger partial charge in [0.2, 0.25) is 11.8 Å². The van der Waals surface area contributed by atoms with E-state index in [0.717, 1.165) is 32.1 Å². The Labute approximate surface area is 281 Å². The highest BCUT2D eigenvalue weighted by atomic mass is 127. The zero-order chi connectivity index (χ0) is 32.6. The molecule has 2 amide bonds. The van der Waals surface area contributed by atoms with Crippen LogP contribution in [-0.2, 0) is 14.3 Å². The lowest BCUT2D eigenvalue weighted by atomic mass is 9.87. The van der Waals surface area contributed by atoms with Crippen LogP contribution in [-0.4, -0.2) is 91.0 Å². The number of carbonyl (C=O) groups is 3. The summed E-state index contributed by atoms with van der Waals surface area (Å²) in [5.41, 5.74) is 0.769. The van der Waals surface area contributed by atoms with Gasteiger partial charge in [0.1, 0.15) is 18.5 Å². The molecule has 0 saturated carbocycles. The fraction of sp³-hybridized carbons (Fsp3) is 0.676. The van der Waals surface area contributed by atoms with Crippen LogP contribution in [0.15, 0.2) is 23.8 Å². The monoisotopic (exact) mass is 742 g/mol. The average molecular weight is 743 g/mol. The number of aliphatic hydroxyl groups is 2. The van der Waals surface area contributed by atoms with Crippen LogP contribution in [0, 0.1) is 3.57 Å². The number of rotatable bonds is 20. The number of nitrogens with zero attached hydrogens (tertiary/aromatic N) is 1. The number of nitrogens with one attached hydrogen (secondary N) is 1. The van der Waals surface area contributed by atoms with Crippen LogP contribution in [0.1, 0.15) is 101 Å². The number of aldehydes is 1. The molecule has 0 spiro atoms. The van der Waals surface area contributed by atoms with Crippen molar-refractivity contribution in [2.45, 2.75) is 115 Å². The highest BCUT2D eigenvalue weighted by molar-refractivity contribution is 14.1. The summed E-state index contributed by atoms with van der Waals surface area (Å²) < 4.78 is 18.3. The maximum atomic E-state index is 13.8. The molecule has 252 valence electrons. The summed E-state index contributed by atoms with van der Waals surface area (Å²) >= 11 is 2.04. The van der Waals surface area contributed by atoms with Crippen LogP contribution in [0.25, 0.3) is 0 Å². The molecule has 0 unspecified atom stereocenters. The molecule has 0 bridgehead atoms. The molecule has 1 saturated heterocycles. The first-order valence-electron chi connectivity index (χ1n) is 16.5. The summed E-state index contributed by atoms with van der Waals surface area (Å²) in [6.45, 7) is 3.03. The van der Waals surface area contributed by atoms with Gasteiger partial charge >= 0.3 is 0 Å². The van der Waals surface area contributed by atoms with Crippen molar-refractivity contribution in [2.75, 3.05) is 33.4 Å². The Bertz CT molecular complexity index is 1120. The topological polar surface area (TPSA) is 135 Å². The molecule has 1 heterocycles. The number of unbranched alkanes of at least 4 members (excludes halogenated alkanes) is 8. The second kappa shape index (κ2) is 20.1. The number of aliphatic hydroxyl groups excluding tert-OH is 2. The van der Waals surface area contributed by atoms with E-state index in [2.05, 4.69) is 12.2 Å². The first-order valence-corrected chi connectivity index (χ1v) is 17.6. The smallest absolute Gasteiger partial charge is 0.247 e. The lowest BCUT2D eigenvalue weighted by Gasteiger charge is -2.41. The molecule has 2 aliphatic rings. The standard InChI is InChI=1S/C34H51IN2O8/c1-3-4-5-6-7-8-9-10-11-14-31(40)37(22-26-13-12-17-44-26)28-20-25(34(42)36-15-16-38)21-29(32(28)41)45-33-27(35)18-24(23-39)19-30(33)43-2/h18-19,21,23,26,28-29,32,38,41H,3-17,20,22H2,1-2H3,(H,36,42)/t26-,28+,29-,32-/m0/s1. The quantitative estimate of drug-likeness (QED) is 0.0971. The third-order valence-corrected chi connectivity index (χ3v) is 9.30. The van der Waals surface area contributed by atoms with Crippen LogP contribution in [0.2, 0.25) is 0 Å². The molecule has 3 rings (SSSR count). The number of hydrogen-bond acceptors (Lipinski definition) is 8. The van der Waals surface area contributed by atoms with E-state index < -0.39 is 24.2 Å². The molecule has 0 aromatic heterocycles. The molecule has 1 aromatic carbocycles. The fourth-order valence-electron chi connectivity index (χ4n) is 6.00. The number of carbonyl (C=O) groups excluding carboxylic acids is 3. The van der Waals surface area contributed by atoms with Crippen molar-refractivity contribution in [3.05, 3.63) is 32.9 Å². The van der Waals surface area contributed by atoms with E-state index in [9.17, 15) is 24.6 Å². The molecule has 4 atom stereocenters. The summed E-state index contributed by atoms with van der Waals surface area (Å²) in [4.78, 5) is 40.1. The predicted molar refractivity (Wildman–Crippen MR) is 181 cm³/mol. The molecule has 11 heteroatoms. The Morgan fingerprint density at radius 2 is 1.84 bits per heavy atom. The first kappa shape index (κ1) is 37.2. The number of ether oxygens (including phenoxy) is 3. The SMILES string of the molecule is CCCCCCCCCCCC(=O)N(C[C@@H]1CCCO1)[C@@H]1CC(C(=O)NCCO)=C[C@H](Oc2c(I)cc(C=O)cc2OC)[C@H]1O. The molecule has 0 radical (unpaired) electrons. The van der Waals surface area contributed by atoms with Gasteiger partial charge in [0.25, 0.3) is 0 Å². The van der Waals surface area contributed by atoms with E-state index in [1.165, 1.54) is 45.6 Å². The number of methoxy groups -OCH3 is 1. The van der Waals surface area contributed by atoms with Gasteiger partial charge in [0.05, 0.1) is 29.4 Å². The van der Waals surface area contributed by atoms with Gasteiger partial charge in [-0.3, -0.25) is 14.4 Å². The zero-order valence-corrected chi connectivity index (χ0v) is 29.0. The number of benzene rings is 1. The van der Waals surface area contributed by atoms with Crippen molar-refractivity contribution in [3.63, 3.8) is 0 Å². The Kier molecular flexibility index (Phi) is 16.6. The van der Waals surface area contributed by atoms with Crippen molar-refractivity contribution in [1.82, 2.24) is 10.2 Å². The van der Waals surface area contributed by atoms with Gasteiger partial charge in [-0.1, -0.05) is 58.3 Å². The predicted octanol–water partition coefficient (Wildman–Crippen LogP) is 4.96. The van der Waals surface area contributed by atoms with Crippen LogP contribution in [0.5, 0.6) is 11.5 Å². The Morgan fingerprint density at radius 3 is 2.47 bits per heavy atom. The summed E-state index contributed by atoms with van der Waals surface area (Å²) in [7, 11) is 1.46. The maximum Gasteiger partial charge on any atom is 0.247 e. The van der Waals surface area contributed by atoms with Crippen LogP contribution in [0.3, 0.4) is 0 Å².